The summed E-state index contributed by atoms with van der Waals surface area (Å²) >= 11 is 0. The van der Waals surface area contributed by atoms with Crippen LogP contribution in [0.2, 0.25) is 0 Å². The summed E-state index contributed by atoms with van der Waals surface area (Å²) in [6.07, 6.45) is 0. The Morgan fingerprint density at radius 2 is 2.14 bits per heavy atom. The van der Waals surface area contributed by atoms with Gasteiger partial charge >= 0.3 is 0 Å². The van der Waals surface area contributed by atoms with E-state index in [4.69, 9.17) is 14.0 Å². The molecular formula is C15H17FN2O4. The van der Waals surface area contributed by atoms with Gasteiger partial charge in [0.2, 0.25) is 5.91 Å². The highest BCUT2D eigenvalue weighted by Crippen LogP contribution is 2.20. The molecule has 118 valence electrons. The number of halogens is 1. The van der Waals surface area contributed by atoms with Gasteiger partial charge in [-0.05, 0) is 24.3 Å². The minimum atomic E-state index is -0.314. The number of hydrogen-bond donors (Lipinski definition) is 1. The molecule has 0 unspecified atom stereocenters. The standard InChI is InChI=1S/C15H17FN2O4/c1-20-7-6-17-15(19)10-21-9-13-8-14(22-18-13)11-2-4-12(16)5-3-11/h2-5,8H,6-7,9-10H2,1H3,(H,17,19). The van der Waals surface area contributed by atoms with Gasteiger partial charge in [-0.1, -0.05) is 5.16 Å². The number of benzene rings is 1. The van der Waals surface area contributed by atoms with Gasteiger partial charge in [0.05, 0.1) is 13.2 Å². The Kier molecular flexibility index (Phi) is 6.05. The summed E-state index contributed by atoms with van der Waals surface area (Å²) < 4.78 is 28.1. The van der Waals surface area contributed by atoms with Crippen molar-refractivity contribution < 1.29 is 23.2 Å². The van der Waals surface area contributed by atoms with Crippen LogP contribution in [0.3, 0.4) is 0 Å². The van der Waals surface area contributed by atoms with Crippen LogP contribution in [0.1, 0.15) is 5.69 Å². The zero-order valence-electron chi connectivity index (χ0n) is 12.2. The summed E-state index contributed by atoms with van der Waals surface area (Å²) in [6.45, 7) is 0.984. The van der Waals surface area contributed by atoms with Crippen LogP contribution in [0.15, 0.2) is 34.9 Å². The number of hydrogen-bond acceptors (Lipinski definition) is 5. The molecule has 0 aliphatic heterocycles. The number of amides is 1. The lowest BCUT2D eigenvalue weighted by Crippen LogP contribution is -2.30. The van der Waals surface area contributed by atoms with Gasteiger partial charge in [-0.15, -0.1) is 0 Å². The lowest BCUT2D eigenvalue weighted by Gasteiger charge is -2.04. The third-order valence-corrected chi connectivity index (χ3v) is 2.80. The van der Waals surface area contributed by atoms with Crippen molar-refractivity contribution in [3.63, 3.8) is 0 Å². The average molecular weight is 308 g/mol. The fourth-order valence-electron chi connectivity index (χ4n) is 1.72. The molecule has 1 N–H and O–H groups in total. The fourth-order valence-corrected chi connectivity index (χ4v) is 1.72. The van der Waals surface area contributed by atoms with E-state index in [1.807, 2.05) is 0 Å². The van der Waals surface area contributed by atoms with Crippen molar-refractivity contribution in [1.82, 2.24) is 10.5 Å². The maximum Gasteiger partial charge on any atom is 0.246 e. The van der Waals surface area contributed by atoms with Gasteiger partial charge in [0, 0.05) is 25.3 Å². The highest BCUT2D eigenvalue weighted by atomic mass is 19.1. The number of rotatable bonds is 8. The molecule has 1 aromatic carbocycles. The third kappa shape index (κ3) is 4.94. The largest absolute Gasteiger partial charge is 0.383 e. The maximum absolute atomic E-state index is 12.8. The molecule has 0 saturated heterocycles. The Bertz CT molecular complexity index is 598. The zero-order valence-corrected chi connectivity index (χ0v) is 12.2. The number of nitrogens with zero attached hydrogens (tertiary/aromatic N) is 1. The summed E-state index contributed by atoms with van der Waals surface area (Å²) in [4.78, 5) is 11.4. The maximum atomic E-state index is 12.8. The monoisotopic (exact) mass is 308 g/mol. The van der Waals surface area contributed by atoms with Crippen molar-refractivity contribution >= 4 is 5.91 Å². The van der Waals surface area contributed by atoms with E-state index in [1.165, 1.54) is 12.1 Å². The molecule has 0 aliphatic rings. The molecular weight excluding hydrogens is 291 g/mol. The Labute approximate surface area is 127 Å². The zero-order chi connectivity index (χ0) is 15.8. The second-order valence-corrected chi connectivity index (χ2v) is 4.52. The van der Waals surface area contributed by atoms with Crippen molar-refractivity contribution in [2.24, 2.45) is 0 Å². The van der Waals surface area contributed by atoms with Crippen LogP contribution in [0.25, 0.3) is 11.3 Å². The van der Waals surface area contributed by atoms with Crippen LogP contribution < -0.4 is 5.32 Å². The van der Waals surface area contributed by atoms with E-state index in [0.29, 0.717) is 24.6 Å². The molecule has 2 rings (SSSR count). The van der Waals surface area contributed by atoms with Crippen molar-refractivity contribution in [2.45, 2.75) is 6.61 Å². The van der Waals surface area contributed by atoms with Gasteiger partial charge in [-0.2, -0.15) is 0 Å². The van der Waals surface area contributed by atoms with Crippen molar-refractivity contribution in [2.75, 3.05) is 26.9 Å². The SMILES string of the molecule is COCCNC(=O)COCc1cc(-c2ccc(F)cc2)on1. The average Bonchev–Trinajstić information content (AvgIpc) is 2.97. The van der Waals surface area contributed by atoms with Crippen LogP contribution in [-0.2, 0) is 20.9 Å². The molecule has 0 bridgehead atoms. The first-order valence-electron chi connectivity index (χ1n) is 6.74. The first-order valence-corrected chi connectivity index (χ1v) is 6.74. The van der Waals surface area contributed by atoms with Crippen LogP contribution in [0, 0.1) is 5.82 Å². The summed E-state index contributed by atoms with van der Waals surface area (Å²) in [5, 5.41) is 6.48. The van der Waals surface area contributed by atoms with Gasteiger partial charge in [0.15, 0.2) is 5.76 Å². The topological polar surface area (TPSA) is 73.6 Å². The van der Waals surface area contributed by atoms with Crippen LogP contribution in [-0.4, -0.2) is 37.9 Å². The van der Waals surface area contributed by atoms with Gasteiger partial charge in [0.25, 0.3) is 0 Å². The lowest BCUT2D eigenvalue weighted by atomic mass is 10.1. The lowest BCUT2D eigenvalue weighted by molar-refractivity contribution is -0.126. The van der Waals surface area contributed by atoms with E-state index in [9.17, 15) is 9.18 Å². The number of nitrogens with one attached hydrogen (secondary N) is 1. The van der Waals surface area contributed by atoms with Crippen LogP contribution in [0.4, 0.5) is 4.39 Å². The van der Waals surface area contributed by atoms with Crippen molar-refractivity contribution in [1.29, 1.82) is 0 Å². The first kappa shape index (κ1) is 16.1. The van der Waals surface area contributed by atoms with Crippen molar-refractivity contribution in [3.8, 4) is 11.3 Å². The Morgan fingerprint density at radius 3 is 2.86 bits per heavy atom. The molecule has 2 aromatic rings. The predicted molar refractivity (Wildman–Crippen MR) is 76.4 cm³/mol. The molecule has 0 spiro atoms. The molecule has 6 nitrogen and oxygen atoms in total. The van der Waals surface area contributed by atoms with E-state index in [0.717, 1.165) is 5.56 Å². The minimum Gasteiger partial charge on any atom is -0.383 e. The quantitative estimate of drug-likeness (QED) is 0.752. The van der Waals surface area contributed by atoms with Crippen molar-refractivity contribution in [3.05, 3.63) is 41.8 Å². The smallest absolute Gasteiger partial charge is 0.246 e. The fraction of sp³-hybridized carbons (Fsp3) is 0.333. The second kappa shape index (κ2) is 8.26. The molecule has 0 saturated carbocycles. The van der Waals surface area contributed by atoms with E-state index in [2.05, 4.69) is 10.5 Å². The second-order valence-electron chi connectivity index (χ2n) is 4.52. The molecule has 0 radical (unpaired) electrons. The Balaban J connectivity index is 1.78. The van der Waals surface area contributed by atoms with E-state index in [1.54, 1.807) is 25.3 Å². The molecule has 0 aliphatic carbocycles. The van der Waals surface area contributed by atoms with E-state index < -0.39 is 0 Å². The van der Waals surface area contributed by atoms with E-state index >= 15 is 0 Å². The van der Waals surface area contributed by atoms with Gasteiger partial charge in [-0.3, -0.25) is 4.79 Å². The van der Waals surface area contributed by atoms with Gasteiger partial charge < -0.3 is 19.3 Å². The molecule has 7 heteroatoms. The molecule has 22 heavy (non-hydrogen) atoms. The predicted octanol–water partition coefficient (Wildman–Crippen LogP) is 1.76. The summed E-state index contributed by atoms with van der Waals surface area (Å²) in [6, 6.07) is 7.58. The molecule has 1 aromatic heterocycles. The highest BCUT2D eigenvalue weighted by Gasteiger charge is 2.08. The number of aromatic nitrogens is 1. The third-order valence-electron chi connectivity index (χ3n) is 2.80. The van der Waals surface area contributed by atoms with Gasteiger partial charge in [-0.25, -0.2) is 4.39 Å². The number of carbonyl (C=O) groups excluding carboxylic acids is 1. The number of ether oxygens (including phenoxy) is 2. The normalized spacial score (nSPS) is 10.6. The number of methoxy groups -OCH3 is 1. The Morgan fingerprint density at radius 1 is 1.36 bits per heavy atom. The summed E-state index contributed by atoms with van der Waals surface area (Å²) in [5.74, 6) is -0.0197. The van der Waals surface area contributed by atoms with Crippen LogP contribution >= 0.6 is 0 Å². The molecule has 0 fully saturated rings. The van der Waals surface area contributed by atoms with E-state index in [-0.39, 0.29) is 24.9 Å². The van der Waals surface area contributed by atoms with Gasteiger partial charge in [0.1, 0.15) is 18.1 Å². The molecule has 1 amide bonds. The summed E-state index contributed by atoms with van der Waals surface area (Å²) in [7, 11) is 1.56. The van der Waals surface area contributed by atoms with Crippen LogP contribution in [0.5, 0.6) is 0 Å². The molecule has 0 atom stereocenters. The highest BCUT2D eigenvalue weighted by molar-refractivity contribution is 5.77. The molecule has 1 heterocycles. The minimum absolute atomic E-state index is 0.0670. The summed E-state index contributed by atoms with van der Waals surface area (Å²) in [5.41, 5.74) is 1.28. The number of carbonyl (C=O) groups is 1. The first-order chi connectivity index (χ1) is 10.7. The Hall–Kier alpha value is -2.25.